The fraction of sp³-hybridized carbons (Fsp3) is 0.200. The number of rotatable bonds is 4. The van der Waals surface area contributed by atoms with Crippen molar-refractivity contribution in [1.29, 1.82) is 0 Å². The van der Waals surface area contributed by atoms with Crippen molar-refractivity contribution in [1.82, 2.24) is 10.2 Å². The number of halogens is 1. The summed E-state index contributed by atoms with van der Waals surface area (Å²) in [5.41, 5.74) is 0.0799. The maximum atomic E-state index is 13.3. The van der Waals surface area contributed by atoms with Crippen LogP contribution in [-0.4, -0.2) is 15.1 Å². The van der Waals surface area contributed by atoms with Crippen LogP contribution in [0.3, 0.4) is 0 Å². The molecule has 0 bridgehead atoms. The van der Waals surface area contributed by atoms with E-state index in [0.717, 1.165) is 12.1 Å². The highest BCUT2D eigenvalue weighted by molar-refractivity contribution is 7.98. The molecule has 0 radical (unpaired) electrons. The molecule has 0 aliphatic rings. The third-order valence-electron chi connectivity index (χ3n) is 2.08. The van der Waals surface area contributed by atoms with Crippen molar-refractivity contribution in [3.05, 3.63) is 45.6 Å². The van der Waals surface area contributed by atoms with Gasteiger partial charge in [-0.3, -0.25) is 10.1 Å². The lowest BCUT2D eigenvalue weighted by molar-refractivity contribution is -0.387. The van der Waals surface area contributed by atoms with Gasteiger partial charge < -0.3 is 4.42 Å². The van der Waals surface area contributed by atoms with Crippen LogP contribution in [0.4, 0.5) is 10.1 Å². The Hall–Kier alpha value is -1.96. The molecule has 0 spiro atoms. The molecule has 2 rings (SSSR count). The van der Waals surface area contributed by atoms with Crippen LogP contribution < -0.4 is 0 Å². The quantitative estimate of drug-likeness (QED) is 0.482. The minimum Gasteiger partial charge on any atom is -0.416 e. The van der Waals surface area contributed by atoms with Gasteiger partial charge in [-0.05, 0) is 11.6 Å². The van der Waals surface area contributed by atoms with Gasteiger partial charge in [-0.1, -0.05) is 17.8 Å². The monoisotopic (exact) mass is 269 g/mol. The first-order valence-electron chi connectivity index (χ1n) is 4.92. The maximum Gasteiger partial charge on any atom is 0.304 e. The van der Waals surface area contributed by atoms with Crippen LogP contribution in [0.5, 0.6) is 0 Å². The van der Waals surface area contributed by atoms with Crippen molar-refractivity contribution >= 4 is 17.4 Å². The Balaban J connectivity index is 2.06. The zero-order chi connectivity index (χ0) is 13.1. The van der Waals surface area contributed by atoms with E-state index in [4.69, 9.17) is 4.42 Å². The number of benzene rings is 1. The molecule has 8 heteroatoms. The van der Waals surface area contributed by atoms with Gasteiger partial charge in [-0.25, -0.2) is 0 Å². The van der Waals surface area contributed by atoms with Crippen LogP contribution in [0.1, 0.15) is 11.5 Å². The van der Waals surface area contributed by atoms with E-state index in [2.05, 4.69) is 10.2 Å². The first-order chi connectivity index (χ1) is 8.56. The molecular formula is C10H8FN3O3S. The number of thioether (sulfide) groups is 1. The molecule has 6 nitrogen and oxygen atoms in total. The standard InChI is InChI=1S/C10H8FN3O3S/c1-6-12-13-10(17-6)18-5-7-2-3-9(14(15)16)8(11)4-7/h2-4H,5H2,1H3. The molecule has 0 amide bonds. The van der Waals surface area contributed by atoms with E-state index in [-0.39, 0.29) is 0 Å². The van der Waals surface area contributed by atoms with Gasteiger partial charge in [0.25, 0.3) is 5.22 Å². The summed E-state index contributed by atoms with van der Waals surface area (Å²) in [4.78, 5) is 9.69. The number of hydrogen-bond donors (Lipinski definition) is 0. The first kappa shape index (κ1) is 12.5. The molecule has 0 atom stereocenters. The molecule has 1 aromatic heterocycles. The van der Waals surface area contributed by atoms with E-state index in [1.54, 1.807) is 6.92 Å². The molecule has 0 aliphatic heterocycles. The number of nitrogens with zero attached hydrogens (tertiary/aromatic N) is 3. The Morgan fingerprint density at radius 1 is 1.50 bits per heavy atom. The Labute approximate surface area is 105 Å². The largest absolute Gasteiger partial charge is 0.416 e. The second-order valence-electron chi connectivity index (χ2n) is 3.42. The molecule has 0 saturated carbocycles. The molecule has 94 valence electrons. The van der Waals surface area contributed by atoms with E-state index < -0.39 is 16.4 Å². The summed E-state index contributed by atoms with van der Waals surface area (Å²) in [5, 5.41) is 18.2. The van der Waals surface area contributed by atoms with Crippen LogP contribution >= 0.6 is 11.8 Å². The summed E-state index contributed by atoms with van der Waals surface area (Å²) >= 11 is 1.24. The molecule has 0 N–H and O–H groups in total. The lowest BCUT2D eigenvalue weighted by Crippen LogP contribution is -1.93. The van der Waals surface area contributed by atoms with Crippen molar-refractivity contribution in [2.75, 3.05) is 0 Å². The maximum absolute atomic E-state index is 13.3. The van der Waals surface area contributed by atoms with Crippen molar-refractivity contribution < 1.29 is 13.7 Å². The van der Waals surface area contributed by atoms with Gasteiger partial charge in [0.1, 0.15) is 0 Å². The first-order valence-corrected chi connectivity index (χ1v) is 5.90. The molecule has 0 aliphatic carbocycles. The summed E-state index contributed by atoms with van der Waals surface area (Å²) in [6.07, 6.45) is 0. The third-order valence-corrected chi connectivity index (χ3v) is 2.97. The second-order valence-corrected chi connectivity index (χ2v) is 4.35. The summed E-state index contributed by atoms with van der Waals surface area (Å²) in [6.45, 7) is 1.67. The normalized spacial score (nSPS) is 10.6. The predicted octanol–water partition coefficient (Wildman–Crippen LogP) is 2.72. The summed E-state index contributed by atoms with van der Waals surface area (Å²) in [5.74, 6) is 0.00323. The molecular weight excluding hydrogens is 261 g/mol. The van der Waals surface area contributed by atoms with Crippen LogP contribution in [0, 0.1) is 22.9 Å². The SMILES string of the molecule is Cc1nnc(SCc2ccc([N+](=O)[O-])c(F)c2)o1. The van der Waals surface area contributed by atoms with Crippen molar-refractivity contribution in [3.8, 4) is 0 Å². The van der Waals surface area contributed by atoms with Gasteiger partial charge in [0.05, 0.1) is 4.92 Å². The lowest BCUT2D eigenvalue weighted by Gasteiger charge is -1.99. The van der Waals surface area contributed by atoms with Crippen molar-refractivity contribution in [2.24, 2.45) is 0 Å². The average Bonchev–Trinajstić information content (AvgIpc) is 2.72. The van der Waals surface area contributed by atoms with Gasteiger partial charge in [0.2, 0.25) is 11.7 Å². The van der Waals surface area contributed by atoms with E-state index >= 15 is 0 Å². The van der Waals surface area contributed by atoms with Gasteiger partial charge in [-0.2, -0.15) is 4.39 Å². The average molecular weight is 269 g/mol. The molecule has 2 aromatic rings. The van der Waals surface area contributed by atoms with E-state index in [1.165, 1.54) is 17.8 Å². The minimum absolute atomic E-state index is 0.381. The van der Waals surface area contributed by atoms with Crippen LogP contribution in [0.15, 0.2) is 27.8 Å². The third kappa shape index (κ3) is 2.83. The van der Waals surface area contributed by atoms with E-state index in [0.29, 0.717) is 22.4 Å². The summed E-state index contributed by atoms with van der Waals surface area (Å²) in [6, 6.07) is 3.77. The van der Waals surface area contributed by atoms with E-state index in [9.17, 15) is 14.5 Å². The highest BCUT2D eigenvalue weighted by Crippen LogP contribution is 2.24. The van der Waals surface area contributed by atoms with Crippen molar-refractivity contribution in [2.45, 2.75) is 17.9 Å². The van der Waals surface area contributed by atoms with Gasteiger partial charge in [0, 0.05) is 18.7 Å². The lowest BCUT2D eigenvalue weighted by atomic mass is 10.2. The Morgan fingerprint density at radius 2 is 2.28 bits per heavy atom. The van der Waals surface area contributed by atoms with Gasteiger partial charge in [0.15, 0.2) is 0 Å². The highest BCUT2D eigenvalue weighted by Gasteiger charge is 2.14. The topological polar surface area (TPSA) is 82.1 Å². The summed E-state index contributed by atoms with van der Waals surface area (Å²) < 4.78 is 18.5. The Bertz CT molecular complexity index is 587. The van der Waals surface area contributed by atoms with Gasteiger partial charge in [-0.15, -0.1) is 10.2 Å². The number of hydrogen-bond acceptors (Lipinski definition) is 6. The Morgan fingerprint density at radius 3 is 2.83 bits per heavy atom. The molecule has 0 saturated heterocycles. The molecule has 1 heterocycles. The number of nitro benzene ring substituents is 1. The van der Waals surface area contributed by atoms with Crippen LogP contribution in [-0.2, 0) is 5.75 Å². The molecule has 18 heavy (non-hydrogen) atoms. The summed E-state index contributed by atoms with van der Waals surface area (Å²) in [7, 11) is 0. The highest BCUT2D eigenvalue weighted by atomic mass is 32.2. The minimum atomic E-state index is -0.847. The Kier molecular flexibility index (Phi) is 3.56. The second kappa shape index (κ2) is 5.13. The predicted molar refractivity (Wildman–Crippen MR) is 61.7 cm³/mol. The number of aromatic nitrogens is 2. The zero-order valence-electron chi connectivity index (χ0n) is 9.29. The molecule has 0 fully saturated rings. The number of aryl methyl sites for hydroxylation is 1. The van der Waals surface area contributed by atoms with E-state index in [1.807, 2.05) is 0 Å². The van der Waals surface area contributed by atoms with Crippen molar-refractivity contribution in [3.63, 3.8) is 0 Å². The number of nitro groups is 1. The fourth-order valence-electron chi connectivity index (χ4n) is 1.27. The molecule has 1 aromatic carbocycles. The zero-order valence-corrected chi connectivity index (χ0v) is 10.1. The van der Waals surface area contributed by atoms with Crippen LogP contribution in [0.2, 0.25) is 0 Å². The smallest absolute Gasteiger partial charge is 0.304 e. The fourth-order valence-corrected chi connectivity index (χ4v) is 2.02. The van der Waals surface area contributed by atoms with Crippen LogP contribution in [0.25, 0.3) is 0 Å². The van der Waals surface area contributed by atoms with Gasteiger partial charge >= 0.3 is 5.69 Å². The molecule has 0 unspecified atom stereocenters.